The quantitative estimate of drug-likeness (QED) is 0.643. The molecular formula is C19H17F2N3O4. The summed E-state index contributed by atoms with van der Waals surface area (Å²) in [6.07, 6.45) is 0.688. The fourth-order valence-corrected chi connectivity index (χ4v) is 2.45. The molecule has 3 aromatic rings. The number of amides is 1. The van der Waals surface area contributed by atoms with Crippen molar-refractivity contribution in [3.8, 4) is 0 Å². The number of ketones is 1. The van der Waals surface area contributed by atoms with Gasteiger partial charge in [0.25, 0.3) is 0 Å². The Balaban J connectivity index is 1.56. The summed E-state index contributed by atoms with van der Waals surface area (Å²) in [5.41, 5.74) is -0.0650. The van der Waals surface area contributed by atoms with Crippen molar-refractivity contribution in [1.82, 2.24) is 9.78 Å². The molecule has 7 nitrogen and oxygen atoms in total. The van der Waals surface area contributed by atoms with Crippen LogP contribution < -0.4 is 5.32 Å². The third kappa shape index (κ3) is 4.43. The molecule has 0 fully saturated rings. The first-order chi connectivity index (χ1) is 13.3. The summed E-state index contributed by atoms with van der Waals surface area (Å²) in [5.74, 6) is -0.761. The summed E-state index contributed by atoms with van der Waals surface area (Å²) in [4.78, 5) is 23.1. The number of ether oxygens (including phenoxy) is 1. The fourth-order valence-electron chi connectivity index (χ4n) is 2.45. The van der Waals surface area contributed by atoms with E-state index in [1.807, 2.05) is 0 Å². The Labute approximate surface area is 158 Å². The predicted octanol–water partition coefficient (Wildman–Crippen LogP) is 4.06. The molecule has 0 atom stereocenters. The number of aryl methyl sites for hydroxylation is 1. The lowest BCUT2D eigenvalue weighted by atomic mass is 10.1. The Morgan fingerprint density at radius 2 is 2.00 bits per heavy atom. The lowest BCUT2D eigenvalue weighted by Crippen LogP contribution is -2.15. The van der Waals surface area contributed by atoms with Crippen LogP contribution in [0.4, 0.5) is 19.4 Å². The van der Waals surface area contributed by atoms with Gasteiger partial charge < -0.3 is 9.15 Å². The zero-order valence-corrected chi connectivity index (χ0v) is 15.2. The predicted molar refractivity (Wildman–Crippen MR) is 94.9 cm³/mol. The summed E-state index contributed by atoms with van der Waals surface area (Å²) in [6, 6.07) is 7.16. The average Bonchev–Trinajstić information content (AvgIpc) is 3.28. The number of rotatable bonds is 6. The maximum absolute atomic E-state index is 13.9. The Morgan fingerprint density at radius 3 is 2.71 bits per heavy atom. The van der Waals surface area contributed by atoms with Crippen LogP contribution in [0, 0.1) is 18.6 Å². The summed E-state index contributed by atoms with van der Waals surface area (Å²) in [7, 11) is 0. The maximum Gasteiger partial charge on any atom is 0.413 e. The van der Waals surface area contributed by atoms with Gasteiger partial charge in [-0.15, -0.1) is 0 Å². The van der Waals surface area contributed by atoms with E-state index in [9.17, 15) is 18.4 Å². The first-order valence-corrected chi connectivity index (χ1v) is 8.34. The van der Waals surface area contributed by atoms with Crippen LogP contribution in [0.15, 0.2) is 40.9 Å². The van der Waals surface area contributed by atoms with Crippen LogP contribution in [-0.2, 0) is 17.9 Å². The second-order valence-electron chi connectivity index (χ2n) is 6.08. The first-order valence-electron chi connectivity index (χ1n) is 8.34. The molecule has 0 unspecified atom stereocenters. The number of hydrogen-bond acceptors (Lipinski definition) is 5. The standard InChI is InChI=1S/C19H17F2N3O4/c1-11-3-5-15(20)14(18(11)21)10-27-19(26)22-17-7-8-24(23-17)9-13-4-6-16(28-13)12(2)25/h3-8H,9-10H2,1-2H3,(H,22,23,26). The Kier molecular flexibility index (Phi) is 5.53. The van der Waals surface area contributed by atoms with Gasteiger partial charge in [0.1, 0.15) is 24.0 Å². The first kappa shape index (κ1) is 19.3. The molecule has 0 radical (unpaired) electrons. The molecule has 1 N–H and O–H groups in total. The van der Waals surface area contributed by atoms with Crippen molar-refractivity contribution in [2.75, 3.05) is 5.32 Å². The van der Waals surface area contributed by atoms with Gasteiger partial charge in [-0.2, -0.15) is 5.10 Å². The SMILES string of the molecule is CC(=O)c1ccc(Cn2ccc(NC(=O)OCc3c(F)ccc(C)c3F)n2)o1. The molecule has 28 heavy (non-hydrogen) atoms. The number of hydrogen-bond donors (Lipinski definition) is 1. The van der Waals surface area contributed by atoms with Crippen molar-refractivity contribution in [3.63, 3.8) is 0 Å². The van der Waals surface area contributed by atoms with Gasteiger partial charge in [0.2, 0.25) is 0 Å². The van der Waals surface area contributed by atoms with Crippen LogP contribution in [0.3, 0.4) is 0 Å². The molecule has 0 aliphatic carbocycles. The molecule has 1 amide bonds. The largest absolute Gasteiger partial charge is 0.456 e. The maximum atomic E-state index is 13.9. The fraction of sp³-hybridized carbons (Fsp3) is 0.211. The third-order valence-electron chi connectivity index (χ3n) is 3.92. The van der Waals surface area contributed by atoms with Gasteiger partial charge in [0.15, 0.2) is 17.4 Å². The van der Waals surface area contributed by atoms with Crippen LogP contribution in [0.2, 0.25) is 0 Å². The third-order valence-corrected chi connectivity index (χ3v) is 3.92. The van der Waals surface area contributed by atoms with Crippen LogP contribution in [0.25, 0.3) is 0 Å². The van der Waals surface area contributed by atoms with E-state index in [1.54, 1.807) is 18.3 Å². The normalized spacial score (nSPS) is 10.7. The van der Waals surface area contributed by atoms with E-state index in [4.69, 9.17) is 9.15 Å². The molecule has 9 heteroatoms. The topological polar surface area (TPSA) is 86.4 Å². The number of benzene rings is 1. The van der Waals surface area contributed by atoms with Crippen LogP contribution in [0.1, 0.15) is 34.4 Å². The highest BCUT2D eigenvalue weighted by molar-refractivity contribution is 5.91. The molecule has 0 aliphatic heterocycles. The number of carbonyl (C=O) groups is 2. The number of aromatic nitrogens is 2. The van der Waals surface area contributed by atoms with E-state index < -0.39 is 24.3 Å². The van der Waals surface area contributed by atoms with E-state index in [0.717, 1.165) is 6.07 Å². The highest BCUT2D eigenvalue weighted by Gasteiger charge is 2.15. The average molecular weight is 389 g/mol. The summed E-state index contributed by atoms with van der Waals surface area (Å²) in [6.45, 7) is 2.60. The number of anilines is 1. The van der Waals surface area contributed by atoms with E-state index in [2.05, 4.69) is 10.4 Å². The van der Waals surface area contributed by atoms with Gasteiger partial charge in [-0.1, -0.05) is 6.07 Å². The van der Waals surface area contributed by atoms with Crippen molar-refractivity contribution in [2.24, 2.45) is 0 Å². The van der Waals surface area contributed by atoms with Gasteiger partial charge >= 0.3 is 6.09 Å². The molecular weight excluding hydrogens is 372 g/mol. The minimum absolute atomic E-state index is 0.182. The molecule has 0 bridgehead atoms. The number of carbonyl (C=O) groups excluding carboxylic acids is 2. The number of nitrogens with one attached hydrogen (secondary N) is 1. The minimum atomic E-state index is -0.901. The van der Waals surface area contributed by atoms with Gasteiger partial charge in [-0.3, -0.25) is 14.8 Å². The zero-order valence-electron chi connectivity index (χ0n) is 15.2. The van der Waals surface area contributed by atoms with Gasteiger partial charge in [0, 0.05) is 19.2 Å². The highest BCUT2D eigenvalue weighted by atomic mass is 19.1. The molecule has 3 rings (SSSR count). The van der Waals surface area contributed by atoms with Crippen molar-refractivity contribution >= 4 is 17.7 Å². The Hall–Kier alpha value is -3.49. The van der Waals surface area contributed by atoms with Crippen LogP contribution in [0.5, 0.6) is 0 Å². The van der Waals surface area contributed by atoms with Crippen molar-refractivity contribution < 1.29 is 27.5 Å². The summed E-state index contributed by atoms with van der Waals surface area (Å²) < 4.78 is 39.3. The molecule has 0 spiro atoms. The van der Waals surface area contributed by atoms with Crippen molar-refractivity contribution in [2.45, 2.75) is 27.0 Å². The molecule has 0 saturated heterocycles. The van der Waals surface area contributed by atoms with E-state index >= 15 is 0 Å². The van der Waals surface area contributed by atoms with Gasteiger partial charge in [-0.25, -0.2) is 13.6 Å². The lowest BCUT2D eigenvalue weighted by molar-refractivity contribution is 0.0985. The second-order valence-corrected chi connectivity index (χ2v) is 6.08. The van der Waals surface area contributed by atoms with E-state index in [1.165, 1.54) is 30.7 Å². The van der Waals surface area contributed by atoms with Crippen molar-refractivity contribution in [3.05, 3.63) is 70.8 Å². The monoisotopic (exact) mass is 389 g/mol. The van der Waals surface area contributed by atoms with Gasteiger partial charge in [-0.05, 0) is 30.7 Å². The highest BCUT2D eigenvalue weighted by Crippen LogP contribution is 2.17. The van der Waals surface area contributed by atoms with E-state index in [-0.39, 0.29) is 35.0 Å². The molecule has 146 valence electrons. The minimum Gasteiger partial charge on any atom is -0.456 e. The Bertz CT molecular complexity index is 1030. The second kappa shape index (κ2) is 8.03. The Morgan fingerprint density at radius 1 is 1.21 bits per heavy atom. The summed E-state index contributed by atoms with van der Waals surface area (Å²) in [5, 5.41) is 6.49. The van der Waals surface area contributed by atoms with E-state index in [0.29, 0.717) is 5.76 Å². The molecule has 0 aliphatic rings. The number of nitrogens with zero attached hydrogens (tertiary/aromatic N) is 2. The van der Waals surface area contributed by atoms with Crippen LogP contribution >= 0.6 is 0 Å². The molecule has 2 heterocycles. The van der Waals surface area contributed by atoms with Gasteiger partial charge in [0.05, 0.1) is 12.1 Å². The molecule has 1 aromatic carbocycles. The van der Waals surface area contributed by atoms with Crippen LogP contribution in [-0.4, -0.2) is 21.7 Å². The number of furan rings is 1. The smallest absolute Gasteiger partial charge is 0.413 e. The lowest BCUT2D eigenvalue weighted by Gasteiger charge is -2.08. The number of halogens is 2. The molecule has 2 aromatic heterocycles. The molecule has 0 saturated carbocycles. The summed E-state index contributed by atoms with van der Waals surface area (Å²) >= 11 is 0. The number of Topliss-reactive ketones (excluding diaryl/α,β-unsaturated/α-hetero) is 1. The van der Waals surface area contributed by atoms with Crippen molar-refractivity contribution in [1.29, 1.82) is 0 Å². The zero-order chi connectivity index (χ0) is 20.3.